The molecule has 0 amide bonds. The van der Waals surface area contributed by atoms with Crippen molar-refractivity contribution in [1.29, 1.82) is 0 Å². The molecule has 1 aromatic carbocycles. The number of hydrogen-bond donors (Lipinski definition) is 2. The second-order valence-corrected chi connectivity index (χ2v) is 4.67. The van der Waals surface area contributed by atoms with Gasteiger partial charge in [0.1, 0.15) is 11.6 Å². The zero-order chi connectivity index (χ0) is 11.8. The van der Waals surface area contributed by atoms with E-state index >= 15 is 0 Å². The van der Waals surface area contributed by atoms with E-state index in [4.69, 9.17) is 15.2 Å². The number of benzene rings is 1. The summed E-state index contributed by atoms with van der Waals surface area (Å²) in [5, 5.41) is 6.80. The quantitative estimate of drug-likeness (QED) is 0.847. The van der Waals surface area contributed by atoms with Crippen LogP contribution in [0.2, 0.25) is 0 Å². The van der Waals surface area contributed by atoms with Gasteiger partial charge < -0.3 is 15.2 Å². The van der Waals surface area contributed by atoms with E-state index in [-0.39, 0.29) is 6.79 Å². The van der Waals surface area contributed by atoms with Crippen LogP contribution in [0.1, 0.15) is 5.56 Å². The van der Waals surface area contributed by atoms with Gasteiger partial charge in [-0.1, -0.05) is 15.9 Å². The predicted molar refractivity (Wildman–Crippen MR) is 66.4 cm³/mol. The summed E-state index contributed by atoms with van der Waals surface area (Å²) in [6.07, 6.45) is 0. The summed E-state index contributed by atoms with van der Waals surface area (Å²) < 4.78 is 11.8. The Balaban J connectivity index is 2.18. The molecule has 6 heteroatoms. The van der Waals surface area contributed by atoms with E-state index in [1.165, 1.54) is 0 Å². The highest BCUT2D eigenvalue weighted by atomic mass is 79.9. The third kappa shape index (κ3) is 1.89. The molecule has 0 saturated carbocycles. The van der Waals surface area contributed by atoms with Gasteiger partial charge in [0, 0.05) is 21.7 Å². The van der Waals surface area contributed by atoms with E-state index in [0.717, 1.165) is 27.0 Å². The third-order valence-electron chi connectivity index (χ3n) is 2.56. The minimum atomic E-state index is 0.269. The lowest BCUT2D eigenvalue weighted by molar-refractivity contribution is -0.0159. The molecule has 0 radical (unpaired) electrons. The summed E-state index contributed by atoms with van der Waals surface area (Å²) in [4.78, 5) is 0. The lowest BCUT2D eigenvalue weighted by atomic mass is 10.1. The normalized spacial score (nSPS) is 14.2. The second-order valence-electron chi connectivity index (χ2n) is 3.76. The topological polar surface area (TPSA) is 73.2 Å². The first-order chi connectivity index (χ1) is 8.24. The van der Waals surface area contributed by atoms with Crippen molar-refractivity contribution >= 4 is 21.7 Å². The van der Waals surface area contributed by atoms with Gasteiger partial charge in [0.25, 0.3) is 0 Å². The Kier molecular flexibility index (Phi) is 2.53. The summed E-state index contributed by atoms with van der Waals surface area (Å²) in [6, 6.07) is 5.73. The van der Waals surface area contributed by atoms with Crippen molar-refractivity contribution in [3.63, 3.8) is 0 Å². The van der Waals surface area contributed by atoms with Crippen molar-refractivity contribution in [2.45, 2.75) is 6.61 Å². The van der Waals surface area contributed by atoms with E-state index in [9.17, 15) is 0 Å². The zero-order valence-corrected chi connectivity index (χ0v) is 10.5. The average molecular weight is 296 g/mol. The Morgan fingerprint density at radius 3 is 3.00 bits per heavy atom. The second kappa shape index (κ2) is 4.05. The van der Waals surface area contributed by atoms with Crippen LogP contribution in [0.15, 0.2) is 22.7 Å². The van der Waals surface area contributed by atoms with Crippen molar-refractivity contribution in [3.8, 4) is 17.0 Å². The molecule has 2 aromatic rings. The Morgan fingerprint density at radius 2 is 2.24 bits per heavy atom. The number of ether oxygens (including phenoxy) is 2. The standard InChI is InChI=1S/C11H10BrN3O2/c12-7-1-6-4-16-5-17-11(6)8(2-7)9-3-10(13)15-14-9/h1-3H,4-5H2,(H3,13,14,15). The molecule has 0 spiro atoms. The fourth-order valence-corrected chi connectivity index (χ4v) is 2.36. The van der Waals surface area contributed by atoms with E-state index in [2.05, 4.69) is 26.1 Å². The molecule has 1 aliphatic heterocycles. The molecule has 2 heterocycles. The lowest BCUT2D eigenvalue weighted by Crippen LogP contribution is -2.12. The Morgan fingerprint density at radius 1 is 1.35 bits per heavy atom. The van der Waals surface area contributed by atoms with Crippen LogP contribution in [0.3, 0.4) is 0 Å². The first-order valence-electron chi connectivity index (χ1n) is 5.08. The number of rotatable bonds is 1. The fraction of sp³-hybridized carbons (Fsp3) is 0.182. The molecule has 0 bridgehead atoms. The van der Waals surface area contributed by atoms with Crippen LogP contribution in [0.4, 0.5) is 5.82 Å². The Hall–Kier alpha value is -1.53. The SMILES string of the molecule is Nc1cc(-c2cc(Br)cc3c2OCOC3)[nH]n1. The van der Waals surface area contributed by atoms with Gasteiger partial charge in [-0.25, -0.2) is 0 Å². The number of H-pyrrole nitrogens is 1. The molecule has 0 fully saturated rings. The molecule has 0 aliphatic carbocycles. The number of nitrogens with two attached hydrogens (primary N) is 1. The summed E-state index contributed by atoms with van der Waals surface area (Å²) in [7, 11) is 0. The highest BCUT2D eigenvalue weighted by Crippen LogP contribution is 2.37. The van der Waals surface area contributed by atoms with Gasteiger partial charge in [0.15, 0.2) is 6.79 Å². The number of nitrogens with one attached hydrogen (secondary N) is 1. The number of anilines is 1. The number of fused-ring (bicyclic) bond motifs is 1. The molecular weight excluding hydrogens is 286 g/mol. The smallest absolute Gasteiger partial charge is 0.189 e. The van der Waals surface area contributed by atoms with Gasteiger partial charge in [0.05, 0.1) is 12.3 Å². The Labute approximate surface area is 106 Å². The minimum Gasteiger partial charge on any atom is -0.466 e. The monoisotopic (exact) mass is 295 g/mol. The van der Waals surface area contributed by atoms with Crippen molar-refractivity contribution in [2.75, 3.05) is 12.5 Å². The van der Waals surface area contributed by atoms with Crippen LogP contribution in [-0.4, -0.2) is 17.0 Å². The summed E-state index contributed by atoms with van der Waals surface area (Å²) in [5.74, 6) is 1.28. The van der Waals surface area contributed by atoms with E-state index in [1.807, 2.05) is 12.1 Å². The Bertz CT molecular complexity index is 568. The van der Waals surface area contributed by atoms with Gasteiger partial charge in [0.2, 0.25) is 0 Å². The van der Waals surface area contributed by atoms with Gasteiger partial charge in [-0.3, -0.25) is 5.10 Å². The van der Waals surface area contributed by atoms with Gasteiger partial charge in [-0.2, -0.15) is 5.10 Å². The van der Waals surface area contributed by atoms with Crippen LogP contribution in [-0.2, 0) is 11.3 Å². The highest BCUT2D eigenvalue weighted by Gasteiger charge is 2.18. The molecule has 5 nitrogen and oxygen atoms in total. The fourth-order valence-electron chi connectivity index (χ4n) is 1.86. The maximum Gasteiger partial charge on any atom is 0.189 e. The molecule has 0 atom stereocenters. The highest BCUT2D eigenvalue weighted by molar-refractivity contribution is 9.10. The van der Waals surface area contributed by atoms with Crippen LogP contribution >= 0.6 is 15.9 Å². The number of nitrogen functional groups attached to an aromatic ring is 1. The summed E-state index contributed by atoms with van der Waals surface area (Å²) in [6.45, 7) is 0.816. The molecule has 17 heavy (non-hydrogen) atoms. The van der Waals surface area contributed by atoms with E-state index < -0.39 is 0 Å². The van der Waals surface area contributed by atoms with Crippen molar-refractivity contribution in [1.82, 2.24) is 10.2 Å². The molecule has 0 unspecified atom stereocenters. The molecule has 3 N–H and O–H groups in total. The number of nitrogens with zero attached hydrogens (tertiary/aromatic N) is 1. The molecule has 1 aromatic heterocycles. The van der Waals surface area contributed by atoms with Gasteiger partial charge in [-0.15, -0.1) is 0 Å². The van der Waals surface area contributed by atoms with Gasteiger partial charge in [-0.05, 0) is 12.1 Å². The van der Waals surface area contributed by atoms with E-state index in [1.54, 1.807) is 6.07 Å². The first kappa shape index (κ1) is 10.6. The van der Waals surface area contributed by atoms with Gasteiger partial charge >= 0.3 is 0 Å². The first-order valence-corrected chi connectivity index (χ1v) is 5.87. The summed E-state index contributed by atoms with van der Waals surface area (Å²) in [5.41, 5.74) is 8.39. The maximum atomic E-state index is 5.61. The number of aromatic amines is 1. The molecule has 0 saturated heterocycles. The van der Waals surface area contributed by atoms with Crippen LogP contribution < -0.4 is 10.5 Å². The number of aromatic nitrogens is 2. The molecule has 3 rings (SSSR count). The summed E-state index contributed by atoms with van der Waals surface area (Å²) >= 11 is 3.47. The molecular formula is C11H10BrN3O2. The largest absolute Gasteiger partial charge is 0.466 e. The number of halogens is 1. The zero-order valence-electron chi connectivity index (χ0n) is 8.87. The predicted octanol–water partition coefficient (Wildman–Crippen LogP) is 2.29. The van der Waals surface area contributed by atoms with Crippen molar-refractivity contribution < 1.29 is 9.47 Å². The van der Waals surface area contributed by atoms with E-state index in [0.29, 0.717) is 12.4 Å². The average Bonchev–Trinajstić information content (AvgIpc) is 2.74. The maximum absolute atomic E-state index is 5.61. The minimum absolute atomic E-state index is 0.269. The van der Waals surface area contributed by atoms with Crippen LogP contribution in [0.5, 0.6) is 5.75 Å². The van der Waals surface area contributed by atoms with Crippen molar-refractivity contribution in [3.05, 3.63) is 28.2 Å². The third-order valence-corrected chi connectivity index (χ3v) is 3.02. The van der Waals surface area contributed by atoms with Crippen molar-refractivity contribution in [2.24, 2.45) is 0 Å². The molecule has 1 aliphatic rings. The van der Waals surface area contributed by atoms with Crippen LogP contribution in [0.25, 0.3) is 11.3 Å². The number of hydrogen-bond acceptors (Lipinski definition) is 4. The lowest BCUT2D eigenvalue weighted by Gasteiger charge is -2.20. The molecule has 88 valence electrons. The van der Waals surface area contributed by atoms with Crippen LogP contribution in [0, 0.1) is 0 Å².